The van der Waals surface area contributed by atoms with Gasteiger partial charge in [-0.3, -0.25) is 9.78 Å². The van der Waals surface area contributed by atoms with Crippen molar-refractivity contribution in [3.8, 4) is 5.88 Å². The van der Waals surface area contributed by atoms with E-state index in [9.17, 15) is 18.0 Å². The molecule has 1 N–H and O–H groups in total. The Morgan fingerprint density at radius 3 is 2.67 bits per heavy atom. The molecule has 2 heterocycles. The van der Waals surface area contributed by atoms with Crippen LogP contribution in [-0.4, -0.2) is 28.7 Å². The highest BCUT2D eigenvalue weighted by molar-refractivity contribution is 5.98. The Labute approximate surface area is 153 Å². The summed E-state index contributed by atoms with van der Waals surface area (Å²) in [5, 5.41) is 4.67. The molecule has 1 atom stereocenters. The van der Waals surface area contributed by atoms with Crippen molar-refractivity contribution in [2.24, 2.45) is 0 Å². The molecule has 0 aliphatic carbocycles. The number of fused-ring (bicyclic) bond motifs is 1. The quantitative estimate of drug-likeness (QED) is 0.730. The Morgan fingerprint density at radius 1 is 1.15 bits per heavy atom. The third kappa shape index (κ3) is 4.93. The van der Waals surface area contributed by atoms with Crippen LogP contribution in [0.2, 0.25) is 0 Å². The number of amides is 1. The van der Waals surface area contributed by atoms with Gasteiger partial charge in [-0.2, -0.15) is 13.2 Å². The number of alkyl halides is 3. The lowest BCUT2D eigenvalue weighted by atomic mass is 10.1. The van der Waals surface area contributed by atoms with E-state index in [-0.39, 0.29) is 17.8 Å². The van der Waals surface area contributed by atoms with Crippen molar-refractivity contribution in [2.75, 3.05) is 6.61 Å². The van der Waals surface area contributed by atoms with Crippen molar-refractivity contribution >= 4 is 16.7 Å². The summed E-state index contributed by atoms with van der Waals surface area (Å²) in [4.78, 5) is 20.3. The monoisotopic (exact) mass is 375 g/mol. The Bertz CT molecular complexity index is 943. The second-order valence-corrected chi connectivity index (χ2v) is 5.97. The average molecular weight is 375 g/mol. The number of rotatable bonds is 5. The van der Waals surface area contributed by atoms with E-state index in [1.54, 1.807) is 37.5 Å². The fraction of sp³-hybridized carbons (Fsp3) is 0.211. The van der Waals surface area contributed by atoms with E-state index in [0.717, 1.165) is 10.8 Å². The maximum absolute atomic E-state index is 12.5. The summed E-state index contributed by atoms with van der Waals surface area (Å²) in [6.07, 6.45) is 0.328. The third-order valence-electron chi connectivity index (χ3n) is 3.89. The molecule has 3 aromatic rings. The first-order valence-corrected chi connectivity index (χ1v) is 8.12. The number of hydrogen-bond acceptors (Lipinski definition) is 4. The molecular formula is C19H16F3N3O2. The summed E-state index contributed by atoms with van der Waals surface area (Å²) < 4.78 is 41.0. The van der Waals surface area contributed by atoms with Crippen LogP contribution in [0.25, 0.3) is 10.8 Å². The lowest BCUT2D eigenvalue weighted by molar-refractivity contribution is -0.154. The molecule has 0 fully saturated rings. The molecule has 1 amide bonds. The zero-order valence-electron chi connectivity index (χ0n) is 14.3. The number of hydrogen-bond donors (Lipinski definition) is 1. The standard InChI is InChI=1S/C19H16F3N3O2/c1-12(15-4-5-17(24-10-15)27-11-19(20,21)22)25-18(26)14-2-3-16-9-23-7-6-13(16)8-14/h2-10,12H,11H2,1H3,(H,25,26). The number of halogens is 3. The molecule has 140 valence electrons. The minimum Gasteiger partial charge on any atom is -0.468 e. The first-order valence-electron chi connectivity index (χ1n) is 8.12. The van der Waals surface area contributed by atoms with E-state index >= 15 is 0 Å². The van der Waals surface area contributed by atoms with Crippen molar-refractivity contribution in [3.63, 3.8) is 0 Å². The van der Waals surface area contributed by atoms with E-state index in [2.05, 4.69) is 20.0 Å². The van der Waals surface area contributed by atoms with Gasteiger partial charge in [0.15, 0.2) is 6.61 Å². The van der Waals surface area contributed by atoms with Gasteiger partial charge in [-0.1, -0.05) is 12.1 Å². The van der Waals surface area contributed by atoms with E-state index in [1.807, 2.05) is 12.1 Å². The van der Waals surface area contributed by atoms with Gasteiger partial charge in [0.2, 0.25) is 5.88 Å². The molecule has 2 aromatic heterocycles. The normalized spacial score (nSPS) is 12.6. The molecule has 8 heteroatoms. The molecule has 27 heavy (non-hydrogen) atoms. The highest BCUT2D eigenvalue weighted by Crippen LogP contribution is 2.20. The third-order valence-corrected chi connectivity index (χ3v) is 3.89. The second kappa shape index (κ2) is 7.61. The smallest absolute Gasteiger partial charge is 0.422 e. The number of pyridine rings is 2. The highest BCUT2D eigenvalue weighted by atomic mass is 19.4. The molecule has 0 aliphatic rings. The van der Waals surface area contributed by atoms with Gasteiger partial charge >= 0.3 is 6.18 Å². The molecular weight excluding hydrogens is 359 g/mol. The summed E-state index contributed by atoms with van der Waals surface area (Å²) in [5.41, 5.74) is 1.14. The Hall–Kier alpha value is -3.16. The summed E-state index contributed by atoms with van der Waals surface area (Å²) in [7, 11) is 0. The maximum Gasteiger partial charge on any atom is 0.422 e. The molecule has 0 spiro atoms. The van der Waals surface area contributed by atoms with Crippen LogP contribution in [0.1, 0.15) is 28.9 Å². The van der Waals surface area contributed by atoms with Gasteiger partial charge in [0.25, 0.3) is 5.91 Å². The molecule has 0 radical (unpaired) electrons. The zero-order valence-corrected chi connectivity index (χ0v) is 14.3. The van der Waals surface area contributed by atoms with Crippen LogP contribution in [0, 0.1) is 0 Å². The Morgan fingerprint density at radius 2 is 1.96 bits per heavy atom. The van der Waals surface area contributed by atoms with Crippen LogP contribution >= 0.6 is 0 Å². The molecule has 0 aliphatic heterocycles. The lowest BCUT2D eigenvalue weighted by Crippen LogP contribution is -2.26. The van der Waals surface area contributed by atoms with Gasteiger partial charge in [-0.15, -0.1) is 0 Å². The summed E-state index contributed by atoms with van der Waals surface area (Å²) in [5.74, 6) is -0.392. The minimum absolute atomic E-state index is 0.127. The maximum atomic E-state index is 12.5. The minimum atomic E-state index is -4.42. The van der Waals surface area contributed by atoms with Crippen molar-refractivity contribution < 1.29 is 22.7 Å². The summed E-state index contributed by atoms with van der Waals surface area (Å²) in [6.45, 7) is 0.360. The highest BCUT2D eigenvalue weighted by Gasteiger charge is 2.28. The average Bonchev–Trinajstić information content (AvgIpc) is 2.65. The molecule has 5 nitrogen and oxygen atoms in total. The number of carbonyl (C=O) groups is 1. The number of carbonyl (C=O) groups excluding carboxylic acids is 1. The lowest BCUT2D eigenvalue weighted by Gasteiger charge is -2.15. The molecule has 0 bridgehead atoms. The van der Waals surface area contributed by atoms with Crippen LogP contribution in [-0.2, 0) is 0 Å². The van der Waals surface area contributed by atoms with Crippen LogP contribution in [0.4, 0.5) is 13.2 Å². The van der Waals surface area contributed by atoms with Gasteiger partial charge in [0.05, 0.1) is 6.04 Å². The number of ether oxygens (including phenoxy) is 1. The molecule has 1 unspecified atom stereocenters. The SMILES string of the molecule is CC(NC(=O)c1ccc2cnccc2c1)c1ccc(OCC(F)(F)F)nc1. The van der Waals surface area contributed by atoms with Gasteiger partial charge in [0.1, 0.15) is 0 Å². The fourth-order valence-electron chi connectivity index (χ4n) is 2.48. The van der Waals surface area contributed by atoms with Crippen molar-refractivity contribution in [1.29, 1.82) is 0 Å². The van der Waals surface area contributed by atoms with E-state index in [4.69, 9.17) is 0 Å². The number of benzene rings is 1. The molecule has 1 aromatic carbocycles. The first kappa shape index (κ1) is 18.6. The first-order chi connectivity index (χ1) is 12.8. The topological polar surface area (TPSA) is 64.1 Å². The summed E-state index contributed by atoms with van der Waals surface area (Å²) in [6, 6.07) is 9.64. The van der Waals surface area contributed by atoms with E-state index in [1.165, 1.54) is 12.3 Å². The number of aromatic nitrogens is 2. The van der Waals surface area contributed by atoms with Gasteiger partial charge in [0, 0.05) is 35.6 Å². The largest absolute Gasteiger partial charge is 0.468 e. The van der Waals surface area contributed by atoms with Gasteiger partial charge < -0.3 is 10.1 Å². The van der Waals surface area contributed by atoms with Crippen LogP contribution in [0.15, 0.2) is 55.0 Å². The second-order valence-electron chi connectivity index (χ2n) is 5.97. The van der Waals surface area contributed by atoms with Crippen LogP contribution in [0.5, 0.6) is 5.88 Å². The Kier molecular flexibility index (Phi) is 5.25. The van der Waals surface area contributed by atoms with Gasteiger partial charge in [-0.05, 0) is 36.1 Å². The predicted molar refractivity (Wildman–Crippen MR) is 93.4 cm³/mol. The number of nitrogens with zero attached hydrogens (tertiary/aromatic N) is 2. The Balaban J connectivity index is 1.65. The van der Waals surface area contributed by atoms with Crippen molar-refractivity contribution in [3.05, 3.63) is 66.1 Å². The van der Waals surface area contributed by atoms with Gasteiger partial charge in [-0.25, -0.2) is 4.98 Å². The van der Waals surface area contributed by atoms with Crippen LogP contribution < -0.4 is 10.1 Å². The molecule has 3 rings (SSSR count). The van der Waals surface area contributed by atoms with Crippen LogP contribution in [0.3, 0.4) is 0 Å². The van der Waals surface area contributed by atoms with E-state index < -0.39 is 12.8 Å². The summed E-state index contributed by atoms with van der Waals surface area (Å²) >= 11 is 0. The predicted octanol–water partition coefficient (Wildman–Crippen LogP) is 4.06. The number of nitrogens with one attached hydrogen (secondary N) is 1. The zero-order chi connectivity index (χ0) is 19.4. The van der Waals surface area contributed by atoms with Crippen molar-refractivity contribution in [2.45, 2.75) is 19.1 Å². The van der Waals surface area contributed by atoms with E-state index in [0.29, 0.717) is 11.1 Å². The van der Waals surface area contributed by atoms with Crippen molar-refractivity contribution in [1.82, 2.24) is 15.3 Å². The fourth-order valence-corrected chi connectivity index (χ4v) is 2.48. The molecule has 0 saturated heterocycles. The molecule has 0 saturated carbocycles.